The van der Waals surface area contributed by atoms with Crippen molar-refractivity contribution in [1.29, 1.82) is 0 Å². The van der Waals surface area contributed by atoms with Gasteiger partial charge in [0.25, 0.3) is 5.91 Å². The second kappa shape index (κ2) is 4.96. The molecule has 1 unspecified atom stereocenters. The van der Waals surface area contributed by atoms with E-state index in [0.29, 0.717) is 11.1 Å². The molecule has 0 radical (unpaired) electrons. The Morgan fingerprint density at radius 3 is 2.60 bits per heavy atom. The number of furan rings is 1. The number of carboxylic acid groups (broad SMARTS) is 1. The molecule has 1 amide bonds. The Bertz CT molecular complexity index is 542. The third-order valence-electron chi connectivity index (χ3n) is 4.53. The second-order valence-electron chi connectivity index (χ2n) is 6.03. The summed E-state index contributed by atoms with van der Waals surface area (Å²) in [4.78, 5) is 25.2. The van der Waals surface area contributed by atoms with Crippen LogP contribution in [0.15, 0.2) is 10.7 Å². The van der Waals surface area contributed by atoms with Gasteiger partial charge in [-0.25, -0.2) is 0 Å². The van der Waals surface area contributed by atoms with Crippen LogP contribution >= 0.6 is 0 Å². The molecule has 0 bridgehead atoms. The summed E-state index contributed by atoms with van der Waals surface area (Å²) in [6.07, 6.45) is 3.42. The number of rotatable bonds is 5. The minimum Gasteiger partial charge on any atom is -0.481 e. The fourth-order valence-electron chi connectivity index (χ4n) is 2.49. The van der Waals surface area contributed by atoms with E-state index < -0.39 is 5.97 Å². The first-order chi connectivity index (χ1) is 9.26. The molecule has 1 N–H and O–H groups in total. The van der Waals surface area contributed by atoms with Crippen molar-refractivity contribution in [3.05, 3.63) is 23.2 Å². The van der Waals surface area contributed by atoms with E-state index in [0.717, 1.165) is 12.8 Å². The van der Waals surface area contributed by atoms with Crippen LogP contribution in [-0.2, 0) is 11.2 Å². The van der Waals surface area contributed by atoms with E-state index >= 15 is 0 Å². The highest BCUT2D eigenvalue weighted by atomic mass is 16.4. The molecule has 1 saturated carbocycles. The van der Waals surface area contributed by atoms with Gasteiger partial charge in [0.15, 0.2) is 0 Å². The number of hydrogen-bond donors (Lipinski definition) is 1. The lowest BCUT2D eigenvalue weighted by atomic mass is 9.98. The van der Waals surface area contributed by atoms with E-state index in [2.05, 4.69) is 6.92 Å². The molecule has 1 atom stereocenters. The van der Waals surface area contributed by atoms with Gasteiger partial charge in [0.05, 0.1) is 11.8 Å². The zero-order chi connectivity index (χ0) is 15.1. The molecule has 20 heavy (non-hydrogen) atoms. The lowest BCUT2D eigenvalue weighted by Crippen LogP contribution is -2.40. The zero-order valence-corrected chi connectivity index (χ0v) is 12.4. The molecule has 2 rings (SSSR count). The molecule has 1 aliphatic rings. The highest BCUT2D eigenvalue weighted by Crippen LogP contribution is 2.49. The number of carbonyl (C=O) groups excluding carboxylic acids is 1. The van der Waals surface area contributed by atoms with Crippen LogP contribution in [0, 0.1) is 12.3 Å². The van der Waals surface area contributed by atoms with E-state index in [4.69, 9.17) is 9.52 Å². The summed E-state index contributed by atoms with van der Waals surface area (Å²) in [5.41, 5.74) is 1.27. The number of amides is 1. The molecule has 0 aromatic carbocycles. The van der Waals surface area contributed by atoms with Gasteiger partial charge in [0.1, 0.15) is 12.2 Å². The van der Waals surface area contributed by atoms with Gasteiger partial charge in [-0.15, -0.1) is 0 Å². The van der Waals surface area contributed by atoms with E-state index in [1.54, 1.807) is 18.9 Å². The third-order valence-corrected chi connectivity index (χ3v) is 4.53. The van der Waals surface area contributed by atoms with Crippen molar-refractivity contribution >= 4 is 11.9 Å². The molecule has 1 aromatic heterocycles. The minimum atomic E-state index is -1.00. The molecule has 0 saturated heterocycles. The molecule has 5 heteroatoms. The van der Waals surface area contributed by atoms with Crippen molar-refractivity contribution in [3.8, 4) is 0 Å². The Labute approximate surface area is 118 Å². The molecule has 110 valence electrons. The number of aliphatic carboxylic acids is 1. The quantitative estimate of drug-likeness (QED) is 0.898. The predicted molar refractivity (Wildman–Crippen MR) is 73.7 cm³/mol. The number of aryl methyl sites for hydroxylation is 1. The van der Waals surface area contributed by atoms with Crippen molar-refractivity contribution in [3.63, 3.8) is 0 Å². The molecule has 0 spiro atoms. The average molecular weight is 279 g/mol. The third kappa shape index (κ3) is 2.57. The lowest BCUT2D eigenvalue weighted by Gasteiger charge is -2.30. The maximum Gasteiger partial charge on any atom is 0.311 e. The van der Waals surface area contributed by atoms with Gasteiger partial charge in [-0.3, -0.25) is 9.59 Å². The van der Waals surface area contributed by atoms with Gasteiger partial charge in [-0.2, -0.15) is 0 Å². The normalized spacial score (nSPS) is 17.6. The molecular weight excluding hydrogens is 258 g/mol. The summed E-state index contributed by atoms with van der Waals surface area (Å²) < 4.78 is 5.23. The van der Waals surface area contributed by atoms with Crippen LogP contribution in [0.2, 0.25) is 0 Å². The van der Waals surface area contributed by atoms with Crippen molar-refractivity contribution in [2.75, 3.05) is 7.05 Å². The van der Waals surface area contributed by atoms with Crippen LogP contribution in [0.4, 0.5) is 0 Å². The molecule has 0 aliphatic heterocycles. The topological polar surface area (TPSA) is 70.7 Å². The van der Waals surface area contributed by atoms with Gasteiger partial charge in [0.2, 0.25) is 0 Å². The van der Waals surface area contributed by atoms with Crippen LogP contribution in [-0.4, -0.2) is 35.0 Å². The Morgan fingerprint density at radius 1 is 1.50 bits per heavy atom. The number of carboxylic acids is 1. The molecule has 5 nitrogen and oxygen atoms in total. The first kappa shape index (κ1) is 14.6. The van der Waals surface area contributed by atoms with Gasteiger partial charge < -0.3 is 14.4 Å². The average Bonchev–Trinajstić information content (AvgIpc) is 3.03. The largest absolute Gasteiger partial charge is 0.481 e. The SMILES string of the molecule is Cc1coc(CC(=O)O)c1C(=O)N(C)C(C)C1(C)CC1. The first-order valence-electron chi connectivity index (χ1n) is 6.82. The zero-order valence-electron chi connectivity index (χ0n) is 12.4. The Kier molecular flexibility index (Phi) is 3.63. The van der Waals surface area contributed by atoms with Crippen LogP contribution in [0.5, 0.6) is 0 Å². The maximum absolute atomic E-state index is 12.6. The van der Waals surface area contributed by atoms with Crippen molar-refractivity contribution in [2.24, 2.45) is 5.41 Å². The summed E-state index contributed by atoms with van der Waals surface area (Å²) in [6, 6.07) is 0.127. The van der Waals surface area contributed by atoms with E-state index in [1.165, 1.54) is 6.26 Å². The highest BCUT2D eigenvalue weighted by Gasteiger charge is 2.45. The van der Waals surface area contributed by atoms with Gasteiger partial charge >= 0.3 is 5.97 Å². The number of carbonyl (C=O) groups is 2. The number of nitrogens with zero attached hydrogens (tertiary/aromatic N) is 1. The predicted octanol–water partition coefficient (Wildman–Crippen LogP) is 2.48. The molecule has 1 aliphatic carbocycles. The van der Waals surface area contributed by atoms with Crippen molar-refractivity contribution in [2.45, 2.75) is 46.1 Å². The highest BCUT2D eigenvalue weighted by molar-refractivity contribution is 5.97. The van der Waals surface area contributed by atoms with Gasteiger partial charge in [-0.1, -0.05) is 6.92 Å². The van der Waals surface area contributed by atoms with E-state index in [1.807, 2.05) is 6.92 Å². The smallest absolute Gasteiger partial charge is 0.311 e. The number of hydrogen-bond acceptors (Lipinski definition) is 3. The van der Waals surface area contributed by atoms with E-state index in [-0.39, 0.29) is 29.5 Å². The Balaban J connectivity index is 2.24. The fourth-order valence-corrected chi connectivity index (χ4v) is 2.49. The Hall–Kier alpha value is -1.78. The van der Waals surface area contributed by atoms with Gasteiger partial charge in [0, 0.05) is 18.7 Å². The molecular formula is C15H21NO4. The minimum absolute atomic E-state index is 0.127. The van der Waals surface area contributed by atoms with E-state index in [9.17, 15) is 9.59 Å². The van der Waals surface area contributed by atoms with Crippen LogP contribution in [0.25, 0.3) is 0 Å². The summed E-state index contributed by atoms with van der Waals surface area (Å²) in [7, 11) is 1.77. The Morgan fingerprint density at radius 2 is 2.10 bits per heavy atom. The molecule has 1 aromatic rings. The maximum atomic E-state index is 12.6. The summed E-state index contributed by atoms with van der Waals surface area (Å²) in [6.45, 7) is 5.97. The van der Waals surface area contributed by atoms with Crippen molar-refractivity contribution < 1.29 is 19.1 Å². The van der Waals surface area contributed by atoms with Crippen molar-refractivity contribution in [1.82, 2.24) is 4.90 Å². The molecule has 1 fully saturated rings. The first-order valence-corrected chi connectivity index (χ1v) is 6.82. The fraction of sp³-hybridized carbons (Fsp3) is 0.600. The van der Waals surface area contributed by atoms with Crippen LogP contribution in [0.1, 0.15) is 48.4 Å². The second-order valence-corrected chi connectivity index (χ2v) is 6.03. The van der Waals surface area contributed by atoms with Gasteiger partial charge in [-0.05, 0) is 32.1 Å². The lowest BCUT2D eigenvalue weighted by molar-refractivity contribution is -0.136. The van der Waals surface area contributed by atoms with Crippen LogP contribution < -0.4 is 0 Å². The standard InChI is InChI=1S/C15H21NO4/c1-9-8-20-11(7-12(17)18)13(9)14(19)16(4)10(2)15(3)5-6-15/h8,10H,5-7H2,1-4H3,(H,17,18). The summed E-state index contributed by atoms with van der Waals surface area (Å²) >= 11 is 0. The van der Waals surface area contributed by atoms with Crippen LogP contribution in [0.3, 0.4) is 0 Å². The molecule has 1 heterocycles. The summed E-state index contributed by atoms with van der Waals surface area (Å²) in [5.74, 6) is -0.925. The summed E-state index contributed by atoms with van der Waals surface area (Å²) in [5, 5.41) is 8.88. The monoisotopic (exact) mass is 279 g/mol.